The van der Waals surface area contributed by atoms with Crippen molar-refractivity contribution in [2.45, 2.75) is 38.3 Å². The Morgan fingerprint density at radius 3 is 2.45 bits per heavy atom. The largest absolute Gasteiger partial charge is 0.465 e. The molecule has 1 heterocycles. The number of esters is 1. The van der Waals surface area contributed by atoms with E-state index in [0.717, 1.165) is 25.6 Å². The zero-order chi connectivity index (χ0) is 15.4. The topological polar surface area (TPSA) is 41.6 Å². The van der Waals surface area contributed by atoms with Crippen LogP contribution in [0.15, 0.2) is 24.3 Å². The lowest BCUT2D eigenvalue weighted by atomic mass is 10.0. The molecule has 0 unspecified atom stereocenters. The van der Waals surface area contributed by atoms with Crippen LogP contribution in [0.4, 0.5) is 0 Å². The summed E-state index contributed by atoms with van der Waals surface area (Å²) < 4.78 is 4.73. The fraction of sp³-hybridized carbons (Fsp3) is 0.611. The SMILES string of the molecule is COC(=O)c1ccc(CN2CCC(NCC3CC3)CC2)cc1. The Labute approximate surface area is 132 Å². The number of nitrogens with one attached hydrogen (secondary N) is 1. The molecule has 0 aromatic heterocycles. The maximum absolute atomic E-state index is 11.4. The van der Waals surface area contributed by atoms with Gasteiger partial charge in [0.15, 0.2) is 0 Å². The van der Waals surface area contributed by atoms with E-state index in [1.807, 2.05) is 24.3 Å². The molecule has 1 aromatic carbocycles. The quantitative estimate of drug-likeness (QED) is 0.820. The van der Waals surface area contributed by atoms with Crippen LogP contribution < -0.4 is 5.32 Å². The molecule has 0 atom stereocenters. The van der Waals surface area contributed by atoms with Gasteiger partial charge in [0, 0.05) is 12.6 Å². The first-order chi connectivity index (χ1) is 10.7. The first-order valence-corrected chi connectivity index (χ1v) is 8.37. The van der Waals surface area contributed by atoms with Gasteiger partial charge in [0.1, 0.15) is 0 Å². The van der Waals surface area contributed by atoms with Crippen LogP contribution >= 0.6 is 0 Å². The van der Waals surface area contributed by atoms with E-state index in [0.29, 0.717) is 11.6 Å². The minimum Gasteiger partial charge on any atom is -0.465 e. The minimum absolute atomic E-state index is 0.269. The van der Waals surface area contributed by atoms with Crippen LogP contribution in [0.25, 0.3) is 0 Å². The Hall–Kier alpha value is -1.39. The van der Waals surface area contributed by atoms with Gasteiger partial charge in [-0.15, -0.1) is 0 Å². The molecule has 1 saturated carbocycles. The normalized spacial score (nSPS) is 20.0. The van der Waals surface area contributed by atoms with E-state index in [9.17, 15) is 4.79 Å². The van der Waals surface area contributed by atoms with E-state index < -0.39 is 0 Å². The Morgan fingerprint density at radius 1 is 1.18 bits per heavy atom. The molecule has 1 N–H and O–H groups in total. The Balaban J connectivity index is 1.42. The monoisotopic (exact) mass is 302 g/mol. The van der Waals surface area contributed by atoms with Crippen LogP contribution in [-0.2, 0) is 11.3 Å². The van der Waals surface area contributed by atoms with Gasteiger partial charge in [0.2, 0.25) is 0 Å². The third kappa shape index (κ3) is 4.31. The van der Waals surface area contributed by atoms with Crippen molar-refractivity contribution in [3.05, 3.63) is 35.4 Å². The van der Waals surface area contributed by atoms with Crippen molar-refractivity contribution in [1.29, 1.82) is 0 Å². The summed E-state index contributed by atoms with van der Waals surface area (Å²) in [5.74, 6) is 0.695. The molecular formula is C18H26N2O2. The summed E-state index contributed by atoms with van der Waals surface area (Å²) in [6.45, 7) is 4.50. The molecule has 0 spiro atoms. The Bertz CT molecular complexity index is 488. The number of nitrogens with zero attached hydrogens (tertiary/aromatic N) is 1. The number of carbonyl (C=O) groups excluding carboxylic acids is 1. The van der Waals surface area contributed by atoms with E-state index in [4.69, 9.17) is 4.74 Å². The molecule has 22 heavy (non-hydrogen) atoms. The van der Waals surface area contributed by atoms with Gasteiger partial charge in [-0.2, -0.15) is 0 Å². The average Bonchev–Trinajstić information content (AvgIpc) is 3.38. The highest BCUT2D eigenvalue weighted by Crippen LogP contribution is 2.28. The fourth-order valence-corrected chi connectivity index (χ4v) is 3.07. The molecule has 4 heteroatoms. The minimum atomic E-state index is -0.269. The molecule has 1 aromatic rings. The van der Waals surface area contributed by atoms with Gasteiger partial charge in [-0.25, -0.2) is 4.79 Å². The smallest absolute Gasteiger partial charge is 0.337 e. The average molecular weight is 302 g/mol. The fourth-order valence-electron chi connectivity index (χ4n) is 3.07. The van der Waals surface area contributed by atoms with Crippen molar-refractivity contribution in [2.75, 3.05) is 26.7 Å². The van der Waals surface area contributed by atoms with Crippen molar-refractivity contribution in [3.8, 4) is 0 Å². The molecule has 2 aliphatic rings. The summed E-state index contributed by atoms with van der Waals surface area (Å²) in [4.78, 5) is 13.9. The Kier molecular flexibility index (Phi) is 5.11. The van der Waals surface area contributed by atoms with Crippen LogP contribution in [0.1, 0.15) is 41.6 Å². The molecule has 1 saturated heterocycles. The van der Waals surface area contributed by atoms with Crippen molar-refractivity contribution in [3.63, 3.8) is 0 Å². The number of hydrogen-bond acceptors (Lipinski definition) is 4. The summed E-state index contributed by atoms with van der Waals surface area (Å²) in [7, 11) is 1.41. The number of benzene rings is 1. The van der Waals surface area contributed by atoms with Gasteiger partial charge in [0.25, 0.3) is 0 Å². The van der Waals surface area contributed by atoms with Crippen molar-refractivity contribution < 1.29 is 9.53 Å². The van der Waals surface area contributed by atoms with Crippen molar-refractivity contribution >= 4 is 5.97 Å². The number of hydrogen-bond donors (Lipinski definition) is 1. The Morgan fingerprint density at radius 2 is 1.86 bits per heavy atom. The highest BCUT2D eigenvalue weighted by Gasteiger charge is 2.24. The summed E-state index contributed by atoms with van der Waals surface area (Å²) in [5.41, 5.74) is 1.88. The number of ether oxygens (including phenoxy) is 1. The molecule has 1 aliphatic carbocycles. The first-order valence-electron chi connectivity index (χ1n) is 8.37. The van der Waals surface area contributed by atoms with E-state index in [1.54, 1.807) is 0 Å². The molecule has 2 fully saturated rings. The highest BCUT2D eigenvalue weighted by atomic mass is 16.5. The van der Waals surface area contributed by atoms with Gasteiger partial charge in [-0.05, 0) is 68.9 Å². The summed E-state index contributed by atoms with van der Waals surface area (Å²) in [6, 6.07) is 8.47. The molecule has 0 radical (unpaired) electrons. The van der Waals surface area contributed by atoms with Gasteiger partial charge in [-0.3, -0.25) is 4.90 Å². The molecule has 120 valence electrons. The van der Waals surface area contributed by atoms with E-state index in [-0.39, 0.29) is 5.97 Å². The van der Waals surface area contributed by atoms with E-state index in [1.165, 1.54) is 44.9 Å². The van der Waals surface area contributed by atoms with Crippen LogP contribution in [0.2, 0.25) is 0 Å². The second-order valence-electron chi connectivity index (χ2n) is 6.59. The second-order valence-corrected chi connectivity index (χ2v) is 6.59. The van der Waals surface area contributed by atoms with Gasteiger partial charge in [-0.1, -0.05) is 12.1 Å². The van der Waals surface area contributed by atoms with Crippen molar-refractivity contribution in [1.82, 2.24) is 10.2 Å². The molecule has 1 aliphatic heterocycles. The van der Waals surface area contributed by atoms with E-state index in [2.05, 4.69) is 10.2 Å². The van der Waals surface area contributed by atoms with Crippen molar-refractivity contribution in [2.24, 2.45) is 5.92 Å². The third-order valence-electron chi connectivity index (χ3n) is 4.76. The predicted octanol–water partition coefficient (Wildman–Crippen LogP) is 2.44. The van der Waals surface area contributed by atoms with Gasteiger partial charge in [0.05, 0.1) is 12.7 Å². The highest BCUT2D eigenvalue weighted by molar-refractivity contribution is 5.89. The number of rotatable bonds is 6. The summed E-state index contributed by atoms with van der Waals surface area (Å²) in [6.07, 6.45) is 5.33. The predicted molar refractivity (Wildman–Crippen MR) is 86.8 cm³/mol. The number of carbonyl (C=O) groups is 1. The lowest BCUT2D eigenvalue weighted by molar-refractivity contribution is 0.0600. The maximum atomic E-state index is 11.4. The summed E-state index contributed by atoms with van der Waals surface area (Å²) in [5, 5.41) is 3.72. The van der Waals surface area contributed by atoms with Crippen LogP contribution in [-0.4, -0.2) is 43.7 Å². The van der Waals surface area contributed by atoms with Gasteiger partial charge >= 0.3 is 5.97 Å². The molecular weight excluding hydrogens is 276 g/mol. The zero-order valence-electron chi connectivity index (χ0n) is 13.4. The zero-order valence-corrected chi connectivity index (χ0v) is 13.4. The van der Waals surface area contributed by atoms with Crippen LogP contribution in [0, 0.1) is 5.92 Å². The molecule has 0 bridgehead atoms. The van der Waals surface area contributed by atoms with Crippen LogP contribution in [0.5, 0.6) is 0 Å². The summed E-state index contributed by atoms with van der Waals surface area (Å²) >= 11 is 0. The molecule has 0 amide bonds. The number of likely N-dealkylation sites (tertiary alicyclic amines) is 1. The number of methoxy groups -OCH3 is 1. The second kappa shape index (κ2) is 7.25. The van der Waals surface area contributed by atoms with Crippen LogP contribution in [0.3, 0.4) is 0 Å². The third-order valence-corrected chi connectivity index (χ3v) is 4.76. The maximum Gasteiger partial charge on any atom is 0.337 e. The lowest BCUT2D eigenvalue weighted by Crippen LogP contribution is -2.42. The lowest BCUT2D eigenvalue weighted by Gasteiger charge is -2.32. The number of piperidine rings is 1. The molecule has 3 rings (SSSR count). The van der Waals surface area contributed by atoms with Gasteiger partial charge < -0.3 is 10.1 Å². The first kappa shape index (κ1) is 15.5. The standard InChI is InChI=1S/C18H26N2O2/c1-22-18(21)16-6-4-15(5-7-16)13-20-10-8-17(9-11-20)19-12-14-2-3-14/h4-7,14,17,19H,2-3,8-13H2,1H3. The molecule has 4 nitrogen and oxygen atoms in total. The van der Waals surface area contributed by atoms with E-state index >= 15 is 0 Å².